The summed E-state index contributed by atoms with van der Waals surface area (Å²) < 4.78 is 17.8. The zero-order valence-electron chi connectivity index (χ0n) is 16.8. The number of fused-ring (bicyclic) bond motifs is 2. The average molecular weight is 475 g/mol. The summed E-state index contributed by atoms with van der Waals surface area (Å²) in [5.41, 5.74) is -1.66. The molecule has 2 N–H and O–H groups in total. The number of hydrogen-bond acceptors (Lipinski definition) is 8. The summed E-state index contributed by atoms with van der Waals surface area (Å²) in [6, 6.07) is 5.68. The van der Waals surface area contributed by atoms with Crippen LogP contribution in [-0.4, -0.2) is 40.8 Å². The number of rotatable bonds is 3. The molecule has 0 radical (unpaired) electrons. The summed E-state index contributed by atoms with van der Waals surface area (Å²) >= 11 is 2.69. The minimum absolute atomic E-state index is 0.0241. The lowest BCUT2D eigenvalue weighted by atomic mass is 9.86. The van der Waals surface area contributed by atoms with E-state index < -0.39 is 34.6 Å². The van der Waals surface area contributed by atoms with Gasteiger partial charge in [-0.25, -0.2) is 4.39 Å². The van der Waals surface area contributed by atoms with Gasteiger partial charge in [-0.1, -0.05) is 41.7 Å². The molecule has 3 aromatic rings. The van der Waals surface area contributed by atoms with Crippen LogP contribution in [0.15, 0.2) is 44.2 Å². The zero-order valence-corrected chi connectivity index (χ0v) is 18.5. The minimum Gasteiger partial charge on any atom is -0.493 e. The smallest absolute Gasteiger partial charge is 0.262 e. The van der Waals surface area contributed by atoms with Crippen molar-refractivity contribution < 1.29 is 14.6 Å². The SMILES string of the molecule is O=c1c(C(c2ccccc2F)c2c(O)nc3n(c2=O)CCCS3)c(O)nc2n1CCCS2. The van der Waals surface area contributed by atoms with Gasteiger partial charge in [-0.2, -0.15) is 9.97 Å². The van der Waals surface area contributed by atoms with Crippen LogP contribution in [0.4, 0.5) is 4.39 Å². The van der Waals surface area contributed by atoms with Crippen molar-refractivity contribution in [3.05, 3.63) is 67.5 Å². The van der Waals surface area contributed by atoms with Crippen molar-refractivity contribution in [2.24, 2.45) is 0 Å². The van der Waals surface area contributed by atoms with E-state index in [9.17, 15) is 24.2 Å². The van der Waals surface area contributed by atoms with E-state index in [1.807, 2.05) is 0 Å². The Balaban J connectivity index is 1.84. The highest BCUT2D eigenvalue weighted by atomic mass is 32.2. The number of halogens is 1. The van der Waals surface area contributed by atoms with Crippen molar-refractivity contribution in [2.45, 2.75) is 42.2 Å². The van der Waals surface area contributed by atoms with Crippen LogP contribution < -0.4 is 11.1 Å². The largest absolute Gasteiger partial charge is 0.493 e. The first-order chi connectivity index (χ1) is 15.5. The fourth-order valence-electron chi connectivity index (χ4n) is 4.13. The van der Waals surface area contributed by atoms with Gasteiger partial charge in [-0.05, 0) is 18.9 Å². The van der Waals surface area contributed by atoms with E-state index in [1.165, 1.54) is 50.9 Å². The first-order valence-corrected chi connectivity index (χ1v) is 12.1. The average Bonchev–Trinajstić information content (AvgIpc) is 2.78. The van der Waals surface area contributed by atoms with Crippen molar-refractivity contribution in [2.75, 3.05) is 11.5 Å². The van der Waals surface area contributed by atoms with Crippen LogP contribution in [-0.2, 0) is 13.1 Å². The van der Waals surface area contributed by atoms with Crippen LogP contribution in [0.2, 0.25) is 0 Å². The van der Waals surface area contributed by atoms with Crippen molar-refractivity contribution >= 4 is 23.5 Å². The highest BCUT2D eigenvalue weighted by Gasteiger charge is 2.35. The molecule has 5 rings (SSSR count). The first kappa shape index (κ1) is 21.1. The molecule has 2 aliphatic rings. The second-order valence-electron chi connectivity index (χ2n) is 7.54. The molecule has 2 aromatic heterocycles. The van der Waals surface area contributed by atoms with E-state index >= 15 is 0 Å². The molecule has 11 heteroatoms. The number of nitrogens with zero attached hydrogens (tertiary/aromatic N) is 4. The Labute approximate surface area is 190 Å². The molecule has 0 fully saturated rings. The monoisotopic (exact) mass is 474 g/mol. The lowest BCUT2D eigenvalue weighted by Gasteiger charge is -2.24. The summed E-state index contributed by atoms with van der Waals surface area (Å²) in [4.78, 5) is 35.2. The van der Waals surface area contributed by atoms with Crippen LogP contribution in [0.3, 0.4) is 0 Å². The number of thioether (sulfide) groups is 2. The molecule has 0 bridgehead atoms. The van der Waals surface area contributed by atoms with Crippen LogP contribution in [0.1, 0.15) is 35.4 Å². The Morgan fingerprint density at radius 2 is 1.38 bits per heavy atom. The quantitative estimate of drug-likeness (QED) is 0.558. The van der Waals surface area contributed by atoms with Crippen molar-refractivity contribution in [1.29, 1.82) is 0 Å². The van der Waals surface area contributed by atoms with Crippen LogP contribution in [0, 0.1) is 5.82 Å². The van der Waals surface area contributed by atoms with Gasteiger partial charge in [0.25, 0.3) is 11.1 Å². The van der Waals surface area contributed by atoms with E-state index in [0.29, 0.717) is 23.4 Å². The van der Waals surface area contributed by atoms with E-state index in [1.54, 1.807) is 6.07 Å². The molecule has 1 aromatic carbocycles. The van der Waals surface area contributed by atoms with Crippen molar-refractivity contribution in [3.63, 3.8) is 0 Å². The topological polar surface area (TPSA) is 110 Å². The molecule has 0 spiro atoms. The maximum Gasteiger partial charge on any atom is 0.262 e. The lowest BCUT2D eigenvalue weighted by Crippen LogP contribution is -2.35. The fraction of sp³-hybridized carbons (Fsp3) is 0.333. The number of hydrogen-bond donors (Lipinski definition) is 2. The number of aromatic nitrogens is 4. The van der Waals surface area contributed by atoms with Crippen LogP contribution in [0.25, 0.3) is 0 Å². The van der Waals surface area contributed by atoms with E-state index in [4.69, 9.17) is 0 Å². The van der Waals surface area contributed by atoms with E-state index in [-0.39, 0.29) is 16.7 Å². The van der Waals surface area contributed by atoms with E-state index in [2.05, 4.69) is 9.97 Å². The Morgan fingerprint density at radius 3 is 1.88 bits per heavy atom. The molecule has 4 heterocycles. The Hall–Kier alpha value is -2.79. The molecule has 0 aliphatic carbocycles. The zero-order chi connectivity index (χ0) is 22.4. The molecule has 0 saturated carbocycles. The van der Waals surface area contributed by atoms with Crippen molar-refractivity contribution in [3.8, 4) is 11.8 Å². The molecule has 0 amide bonds. The molecule has 0 saturated heterocycles. The molecule has 166 valence electrons. The highest BCUT2D eigenvalue weighted by Crippen LogP contribution is 2.39. The predicted octanol–water partition coefficient (Wildman–Crippen LogP) is 2.52. The predicted molar refractivity (Wildman–Crippen MR) is 118 cm³/mol. The maximum absolute atomic E-state index is 15.0. The van der Waals surface area contributed by atoms with Gasteiger partial charge in [0.15, 0.2) is 10.3 Å². The maximum atomic E-state index is 15.0. The normalized spacial score (nSPS) is 15.4. The fourth-order valence-corrected chi connectivity index (χ4v) is 6.01. The third-order valence-corrected chi connectivity index (χ3v) is 7.73. The second-order valence-corrected chi connectivity index (χ2v) is 9.66. The van der Waals surface area contributed by atoms with Gasteiger partial charge < -0.3 is 10.2 Å². The van der Waals surface area contributed by atoms with Gasteiger partial charge in [0, 0.05) is 30.2 Å². The van der Waals surface area contributed by atoms with Gasteiger partial charge in [-0.3, -0.25) is 18.7 Å². The standard InChI is InChI=1S/C21H19FN4O4S2/c22-12-6-2-1-5-11(12)13(14-16(27)23-20-25(18(14)29)7-3-9-31-20)15-17(28)24-21-26(19(15)30)8-4-10-32-21/h1-2,5-6,13,27-28H,3-4,7-10H2. The van der Waals surface area contributed by atoms with Crippen LogP contribution in [0.5, 0.6) is 11.8 Å². The second kappa shape index (κ2) is 8.28. The third-order valence-electron chi connectivity index (χ3n) is 5.61. The molecule has 8 nitrogen and oxygen atoms in total. The molecule has 0 atom stereocenters. The summed E-state index contributed by atoms with van der Waals surface area (Å²) in [5, 5.41) is 22.3. The Kier molecular flexibility index (Phi) is 5.46. The molecule has 32 heavy (non-hydrogen) atoms. The molecule has 0 unspecified atom stereocenters. The lowest BCUT2D eigenvalue weighted by molar-refractivity contribution is 0.405. The van der Waals surface area contributed by atoms with Gasteiger partial charge in [0.1, 0.15) is 5.82 Å². The van der Waals surface area contributed by atoms with Crippen LogP contribution >= 0.6 is 23.5 Å². The third kappa shape index (κ3) is 3.39. The van der Waals surface area contributed by atoms with Gasteiger partial charge >= 0.3 is 0 Å². The minimum atomic E-state index is -1.37. The summed E-state index contributed by atoms with van der Waals surface area (Å²) in [5.74, 6) is -1.69. The Bertz CT molecular complexity index is 1260. The summed E-state index contributed by atoms with van der Waals surface area (Å²) in [7, 11) is 0. The Morgan fingerprint density at radius 1 is 0.875 bits per heavy atom. The number of benzene rings is 1. The summed E-state index contributed by atoms with van der Waals surface area (Å²) in [6.45, 7) is 0.797. The first-order valence-electron chi connectivity index (χ1n) is 10.1. The van der Waals surface area contributed by atoms with Gasteiger partial charge in [0.2, 0.25) is 11.8 Å². The van der Waals surface area contributed by atoms with E-state index in [0.717, 1.165) is 24.3 Å². The number of aromatic hydroxyl groups is 2. The molecular weight excluding hydrogens is 455 g/mol. The van der Waals surface area contributed by atoms with Gasteiger partial charge in [0.05, 0.1) is 17.0 Å². The molecular formula is C21H19FN4O4S2. The van der Waals surface area contributed by atoms with Crippen molar-refractivity contribution in [1.82, 2.24) is 19.1 Å². The molecule has 2 aliphatic heterocycles. The summed E-state index contributed by atoms with van der Waals surface area (Å²) in [6.07, 6.45) is 1.47. The van der Waals surface area contributed by atoms with Gasteiger partial charge in [-0.15, -0.1) is 0 Å². The highest BCUT2D eigenvalue weighted by molar-refractivity contribution is 7.99.